The van der Waals surface area contributed by atoms with E-state index in [2.05, 4.69) is 16.1 Å². The number of hydrogen-bond acceptors (Lipinski definition) is 6. The van der Waals surface area contributed by atoms with Gasteiger partial charge in [-0.2, -0.15) is 0 Å². The van der Waals surface area contributed by atoms with Crippen molar-refractivity contribution in [3.8, 4) is 0 Å². The Bertz CT molecular complexity index is 872. The zero-order chi connectivity index (χ0) is 27.3. The Balaban J connectivity index is 2.92. The molecule has 0 unspecified atom stereocenters. The van der Waals surface area contributed by atoms with Gasteiger partial charge in [0.1, 0.15) is 18.7 Å². The molecule has 1 rings (SSSR count). The molecule has 10 heteroatoms. The third kappa shape index (κ3) is 11.8. The molecule has 3 N–H and O–H groups in total. The van der Waals surface area contributed by atoms with Crippen LogP contribution >= 0.6 is 0 Å². The molecule has 0 bridgehead atoms. The normalized spacial score (nSPS) is 12.6. The largest absolute Gasteiger partial charge is 0.445 e. The van der Waals surface area contributed by atoms with Crippen LogP contribution in [0.5, 0.6) is 0 Å². The molecule has 0 fully saturated rings. The van der Waals surface area contributed by atoms with Crippen LogP contribution in [0.1, 0.15) is 59.9 Å². The van der Waals surface area contributed by atoms with Crippen molar-refractivity contribution in [2.75, 3.05) is 6.54 Å². The molecule has 36 heavy (non-hydrogen) atoms. The van der Waals surface area contributed by atoms with Gasteiger partial charge < -0.3 is 15.4 Å². The van der Waals surface area contributed by atoms with E-state index in [1.54, 1.807) is 0 Å². The highest BCUT2D eigenvalue weighted by atomic mass is 16.5. The van der Waals surface area contributed by atoms with Gasteiger partial charge in [0.05, 0.1) is 0 Å². The summed E-state index contributed by atoms with van der Waals surface area (Å²) in [5, 5.41) is 6.24. The Morgan fingerprint density at radius 3 is 1.89 bits per heavy atom. The number of rotatable bonds is 13. The summed E-state index contributed by atoms with van der Waals surface area (Å²) in [6, 6.07) is 7.24. The summed E-state index contributed by atoms with van der Waals surface area (Å²) in [5.41, 5.74) is 3.26. The summed E-state index contributed by atoms with van der Waals surface area (Å²) in [5.74, 6) is -1.95. The van der Waals surface area contributed by atoms with Crippen molar-refractivity contribution in [2.45, 2.75) is 73.1 Å². The van der Waals surface area contributed by atoms with E-state index in [-0.39, 0.29) is 43.6 Å². The van der Waals surface area contributed by atoms with Crippen molar-refractivity contribution in [3.63, 3.8) is 0 Å². The van der Waals surface area contributed by atoms with E-state index in [1.165, 1.54) is 0 Å². The molecule has 0 radical (unpaired) electrons. The van der Waals surface area contributed by atoms with Gasteiger partial charge in [-0.25, -0.2) is 9.80 Å². The highest BCUT2D eigenvalue weighted by Crippen LogP contribution is 2.10. The number of nitrogens with one attached hydrogen (secondary N) is 3. The lowest BCUT2D eigenvalue weighted by molar-refractivity contribution is -0.146. The average Bonchev–Trinajstić information content (AvgIpc) is 2.80. The number of carbonyl (C=O) groups excluding carboxylic acids is 5. The molecule has 0 spiro atoms. The van der Waals surface area contributed by atoms with E-state index < -0.39 is 35.9 Å². The van der Waals surface area contributed by atoms with E-state index in [9.17, 15) is 24.0 Å². The van der Waals surface area contributed by atoms with Crippen molar-refractivity contribution in [3.05, 3.63) is 35.9 Å². The summed E-state index contributed by atoms with van der Waals surface area (Å²) >= 11 is 0. The molecule has 0 heterocycles. The van der Waals surface area contributed by atoms with Crippen LogP contribution in [0.4, 0.5) is 4.79 Å². The summed E-state index contributed by atoms with van der Waals surface area (Å²) in [4.78, 5) is 61.5. The highest BCUT2D eigenvalue weighted by Gasteiger charge is 2.30. The van der Waals surface area contributed by atoms with Crippen LogP contribution in [0.15, 0.2) is 30.3 Å². The second-order valence-corrected chi connectivity index (χ2v) is 10.0. The molecular weight excluding hydrogens is 464 g/mol. The fourth-order valence-electron chi connectivity index (χ4n) is 3.42. The van der Waals surface area contributed by atoms with E-state index in [4.69, 9.17) is 4.74 Å². The molecule has 0 aromatic heterocycles. The fourth-order valence-corrected chi connectivity index (χ4v) is 3.42. The maximum absolute atomic E-state index is 13.1. The smallest absolute Gasteiger partial charge is 0.408 e. The maximum Gasteiger partial charge on any atom is 0.408 e. The summed E-state index contributed by atoms with van der Waals surface area (Å²) in [6.45, 7) is 11.5. The molecule has 1 aromatic rings. The number of carbonyl (C=O) groups is 5. The lowest BCUT2D eigenvalue weighted by atomic mass is 10.0. The van der Waals surface area contributed by atoms with Crippen LogP contribution in [0.25, 0.3) is 0 Å². The van der Waals surface area contributed by atoms with Crippen LogP contribution in [-0.2, 0) is 30.5 Å². The van der Waals surface area contributed by atoms with Crippen LogP contribution < -0.4 is 16.1 Å². The van der Waals surface area contributed by atoms with Crippen molar-refractivity contribution in [2.24, 2.45) is 17.8 Å². The number of benzene rings is 1. The lowest BCUT2D eigenvalue weighted by Gasteiger charge is -2.28. The maximum atomic E-state index is 13.1. The van der Waals surface area contributed by atoms with Crippen LogP contribution in [0.2, 0.25) is 0 Å². The van der Waals surface area contributed by atoms with Crippen molar-refractivity contribution in [1.82, 2.24) is 21.1 Å². The number of alkyl carbamates (subject to hydrolysis) is 1. The number of aldehydes is 1. The zero-order valence-corrected chi connectivity index (χ0v) is 22.1. The third-order valence-corrected chi connectivity index (χ3v) is 5.03. The van der Waals surface area contributed by atoms with E-state index in [1.807, 2.05) is 71.9 Å². The standard InChI is InChI=1S/C26H40N4O6/c1-17(2)12-21(28-26(35)36-16-20-10-8-7-9-11-20)24(33)27-22(13-18(3)4)25(34)29-30(14-19(5)6)23(32)15-31/h7-11,15,17-19,21-22H,12-14,16H2,1-6H3,(H,27,33)(H,28,35)(H,29,34)/t21-,22-/m0/s1. The van der Waals surface area contributed by atoms with Crippen molar-refractivity contribution < 1.29 is 28.7 Å². The highest BCUT2D eigenvalue weighted by molar-refractivity contribution is 6.23. The first kappa shape index (κ1) is 30.6. The third-order valence-electron chi connectivity index (χ3n) is 5.03. The molecule has 10 nitrogen and oxygen atoms in total. The van der Waals surface area contributed by atoms with Gasteiger partial charge in [0, 0.05) is 6.54 Å². The Kier molecular flexibility index (Phi) is 13.2. The SMILES string of the molecule is CC(C)C[C@H](NC(=O)OCc1ccccc1)C(=O)N[C@@H](CC(C)C)C(=O)NN(CC(C)C)C(=O)C=O. The van der Waals surface area contributed by atoms with Crippen molar-refractivity contribution in [1.29, 1.82) is 0 Å². The molecule has 4 amide bonds. The van der Waals surface area contributed by atoms with Crippen LogP contribution in [0.3, 0.4) is 0 Å². The first-order chi connectivity index (χ1) is 16.9. The summed E-state index contributed by atoms with van der Waals surface area (Å²) in [7, 11) is 0. The molecule has 2 atom stereocenters. The second-order valence-electron chi connectivity index (χ2n) is 10.0. The molecule has 0 saturated carbocycles. The van der Waals surface area contributed by atoms with Crippen LogP contribution in [-0.4, -0.2) is 53.7 Å². The summed E-state index contributed by atoms with van der Waals surface area (Å²) < 4.78 is 5.25. The Morgan fingerprint density at radius 2 is 1.39 bits per heavy atom. The lowest BCUT2D eigenvalue weighted by Crippen LogP contribution is -2.58. The van der Waals surface area contributed by atoms with Gasteiger partial charge in [0.2, 0.25) is 12.2 Å². The topological polar surface area (TPSA) is 134 Å². The number of amides is 4. The Morgan fingerprint density at radius 1 is 0.833 bits per heavy atom. The molecule has 200 valence electrons. The quantitative estimate of drug-likeness (QED) is 0.215. The van der Waals surface area contributed by atoms with Gasteiger partial charge >= 0.3 is 12.0 Å². The fraction of sp³-hybridized carbons (Fsp3) is 0.577. The number of nitrogens with zero attached hydrogens (tertiary/aromatic N) is 1. The van der Waals surface area contributed by atoms with E-state index in [0.29, 0.717) is 6.42 Å². The summed E-state index contributed by atoms with van der Waals surface area (Å²) in [6.07, 6.45) is -0.00707. The Labute approximate surface area is 213 Å². The van der Waals surface area contributed by atoms with E-state index in [0.717, 1.165) is 10.6 Å². The van der Waals surface area contributed by atoms with Crippen molar-refractivity contribution >= 4 is 30.1 Å². The predicted octanol–water partition coefficient (Wildman–Crippen LogP) is 2.57. The first-order valence-corrected chi connectivity index (χ1v) is 12.3. The predicted molar refractivity (Wildman–Crippen MR) is 135 cm³/mol. The Hall–Kier alpha value is -3.43. The van der Waals surface area contributed by atoms with Gasteiger partial charge in [-0.1, -0.05) is 71.9 Å². The van der Waals surface area contributed by atoms with Crippen LogP contribution in [0, 0.1) is 17.8 Å². The molecule has 1 aromatic carbocycles. The van der Waals surface area contributed by atoms with E-state index >= 15 is 0 Å². The molecule has 0 saturated heterocycles. The van der Waals surface area contributed by atoms with Gasteiger partial charge in [-0.05, 0) is 36.2 Å². The molecule has 0 aliphatic heterocycles. The zero-order valence-electron chi connectivity index (χ0n) is 22.1. The monoisotopic (exact) mass is 504 g/mol. The molecular formula is C26H40N4O6. The molecule has 0 aliphatic carbocycles. The average molecular weight is 505 g/mol. The second kappa shape index (κ2) is 15.5. The minimum atomic E-state index is -0.983. The minimum absolute atomic E-state index is 0.00568. The number of hydrogen-bond donors (Lipinski definition) is 3. The first-order valence-electron chi connectivity index (χ1n) is 12.3. The molecule has 0 aliphatic rings. The number of hydrazine groups is 1. The minimum Gasteiger partial charge on any atom is -0.445 e. The van der Waals surface area contributed by atoms with Gasteiger partial charge in [-0.15, -0.1) is 0 Å². The number of ether oxygens (including phenoxy) is 1. The van der Waals surface area contributed by atoms with Gasteiger partial charge in [0.15, 0.2) is 0 Å². The van der Waals surface area contributed by atoms with Gasteiger partial charge in [0.25, 0.3) is 5.91 Å². The van der Waals surface area contributed by atoms with Gasteiger partial charge in [-0.3, -0.25) is 24.6 Å².